The lowest BCUT2D eigenvalue weighted by Crippen LogP contribution is -2.14. The predicted octanol–water partition coefficient (Wildman–Crippen LogP) is 5.44. The van der Waals surface area contributed by atoms with Gasteiger partial charge in [-0.15, -0.1) is 0 Å². The molecule has 0 bridgehead atoms. The Morgan fingerprint density at radius 3 is 2.78 bits per heavy atom. The molecule has 3 aromatic carbocycles. The molecule has 0 aliphatic carbocycles. The number of amides is 1. The van der Waals surface area contributed by atoms with E-state index in [1.54, 1.807) is 6.26 Å². The fourth-order valence-corrected chi connectivity index (χ4v) is 3.44. The van der Waals surface area contributed by atoms with Gasteiger partial charge in [0.1, 0.15) is 5.58 Å². The fourth-order valence-electron chi connectivity index (χ4n) is 3.09. The molecule has 0 radical (unpaired) electrons. The van der Waals surface area contributed by atoms with E-state index >= 15 is 0 Å². The summed E-state index contributed by atoms with van der Waals surface area (Å²) in [6, 6.07) is 16.0. The molecule has 0 unspecified atom stereocenters. The second kappa shape index (κ2) is 6.85. The number of nitrogens with one attached hydrogen (secondary N) is 1. The smallest absolute Gasteiger partial charge is 0.271 e. The van der Waals surface area contributed by atoms with Gasteiger partial charge in [0.05, 0.1) is 23.3 Å². The maximum atomic E-state index is 12.5. The van der Waals surface area contributed by atoms with E-state index in [4.69, 9.17) is 4.42 Å². The number of furan rings is 1. The number of hydrogen-bond acceptors (Lipinski definition) is 4. The molecule has 4 rings (SSSR count). The van der Waals surface area contributed by atoms with Gasteiger partial charge in [0.2, 0.25) is 5.91 Å². The van der Waals surface area contributed by atoms with Gasteiger partial charge in [0, 0.05) is 27.6 Å². The summed E-state index contributed by atoms with van der Waals surface area (Å²) in [5.41, 5.74) is 1.74. The lowest BCUT2D eigenvalue weighted by atomic mass is 10.0. The minimum atomic E-state index is -0.502. The summed E-state index contributed by atoms with van der Waals surface area (Å²) >= 11 is 3.30. The zero-order valence-corrected chi connectivity index (χ0v) is 15.5. The molecule has 134 valence electrons. The number of hydrogen-bond donors (Lipinski definition) is 1. The lowest BCUT2D eigenvalue weighted by Gasteiger charge is -2.07. The van der Waals surface area contributed by atoms with E-state index < -0.39 is 4.92 Å². The average molecular weight is 425 g/mol. The Morgan fingerprint density at radius 2 is 1.96 bits per heavy atom. The van der Waals surface area contributed by atoms with Crippen LogP contribution in [0, 0.1) is 10.1 Å². The van der Waals surface area contributed by atoms with Crippen LogP contribution in [0.2, 0.25) is 0 Å². The topological polar surface area (TPSA) is 85.4 Å². The van der Waals surface area contributed by atoms with Crippen LogP contribution >= 0.6 is 15.9 Å². The Bertz CT molecular complexity index is 1200. The van der Waals surface area contributed by atoms with Crippen molar-refractivity contribution in [3.63, 3.8) is 0 Å². The number of nitro groups is 1. The highest BCUT2D eigenvalue weighted by Gasteiger charge is 2.16. The molecule has 0 saturated carbocycles. The monoisotopic (exact) mass is 424 g/mol. The number of nitrogens with zero attached hydrogens (tertiary/aromatic N) is 1. The number of benzene rings is 3. The Morgan fingerprint density at radius 1 is 1.15 bits per heavy atom. The first-order chi connectivity index (χ1) is 13.0. The third-order valence-corrected chi connectivity index (χ3v) is 5.02. The minimum absolute atomic E-state index is 0.0896. The third kappa shape index (κ3) is 3.29. The summed E-state index contributed by atoms with van der Waals surface area (Å²) in [4.78, 5) is 23.0. The van der Waals surface area contributed by atoms with E-state index in [1.807, 2.05) is 36.4 Å². The standard InChI is InChI=1S/C20H13BrN2O4/c21-16-7-6-14(23(25)26)10-17(16)22-19(24)9-13-11-27-18-8-5-12-3-1-2-4-15(12)20(13)18/h1-8,10-11H,9H2,(H,22,24). The van der Waals surface area contributed by atoms with Gasteiger partial charge in [-0.05, 0) is 38.8 Å². The first-order valence-electron chi connectivity index (χ1n) is 8.14. The van der Waals surface area contributed by atoms with E-state index in [0.29, 0.717) is 15.7 Å². The van der Waals surface area contributed by atoms with E-state index in [-0.39, 0.29) is 18.0 Å². The van der Waals surface area contributed by atoms with Gasteiger partial charge in [-0.1, -0.05) is 30.3 Å². The van der Waals surface area contributed by atoms with Crippen molar-refractivity contribution in [2.24, 2.45) is 0 Å². The molecular formula is C20H13BrN2O4. The van der Waals surface area contributed by atoms with Crippen LogP contribution in [-0.2, 0) is 11.2 Å². The van der Waals surface area contributed by atoms with Crippen LogP contribution in [0.4, 0.5) is 11.4 Å². The second-order valence-electron chi connectivity index (χ2n) is 6.07. The summed E-state index contributed by atoms with van der Waals surface area (Å²) in [6.45, 7) is 0. The minimum Gasteiger partial charge on any atom is -0.464 e. The molecule has 0 atom stereocenters. The zero-order chi connectivity index (χ0) is 19.0. The molecule has 1 amide bonds. The number of anilines is 1. The average Bonchev–Trinajstić information content (AvgIpc) is 3.06. The van der Waals surface area contributed by atoms with E-state index in [9.17, 15) is 14.9 Å². The highest BCUT2D eigenvalue weighted by molar-refractivity contribution is 9.10. The van der Waals surface area contributed by atoms with Gasteiger partial charge in [-0.2, -0.15) is 0 Å². The number of halogens is 1. The summed E-state index contributed by atoms with van der Waals surface area (Å²) < 4.78 is 6.18. The number of carbonyl (C=O) groups excluding carboxylic acids is 1. The fraction of sp³-hybridized carbons (Fsp3) is 0.0500. The molecule has 6 nitrogen and oxygen atoms in total. The third-order valence-electron chi connectivity index (χ3n) is 4.33. The van der Waals surface area contributed by atoms with Gasteiger partial charge in [-0.3, -0.25) is 14.9 Å². The molecule has 4 aromatic rings. The van der Waals surface area contributed by atoms with Gasteiger partial charge >= 0.3 is 0 Å². The van der Waals surface area contributed by atoms with Crippen molar-refractivity contribution in [3.8, 4) is 0 Å². The molecule has 0 saturated heterocycles. The number of nitro benzene ring substituents is 1. The van der Waals surface area contributed by atoms with Crippen molar-refractivity contribution in [2.45, 2.75) is 6.42 Å². The molecule has 1 N–H and O–H groups in total. The number of carbonyl (C=O) groups is 1. The summed E-state index contributed by atoms with van der Waals surface area (Å²) in [7, 11) is 0. The highest BCUT2D eigenvalue weighted by Crippen LogP contribution is 2.31. The summed E-state index contributed by atoms with van der Waals surface area (Å²) in [6.07, 6.45) is 1.68. The van der Waals surface area contributed by atoms with Gasteiger partial charge in [0.25, 0.3) is 5.69 Å². The van der Waals surface area contributed by atoms with Crippen LogP contribution < -0.4 is 5.32 Å². The van der Waals surface area contributed by atoms with Crippen molar-refractivity contribution >= 4 is 55.0 Å². The molecule has 1 heterocycles. The summed E-state index contributed by atoms with van der Waals surface area (Å²) in [5, 5.41) is 16.7. The molecule has 1 aromatic heterocycles. The Hall–Kier alpha value is -3.19. The maximum Gasteiger partial charge on any atom is 0.271 e. The first kappa shape index (κ1) is 17.2. The van der Waals surface area contributed by atoms with Crippen molar-refractivity contribution in [3.05, 3.63) is 81.0 Å². The van der Waals surface area contributed by atoms with E-state index in [2.05, 4.69) is 21.2 Å². The second-order valence-corrected chi connectivity index (χ2v) is 6.92. The van der Waals surface area contributed by atoms with Crippen molar-refractivity contribution in [1.82, 2.24) is 0 Å². The number of fused-ring (bicyclic) bond motifs is 3. The molecular weight excluding hydrogens is 412 g/mol. The summed E-state index contributed by atoms with van der Waals surface area (Å²) in [5.74, 6) is -0.285. The molecule has 0 fully saturated rings. The normalized spacial score (nSPS) is 11.0. The van der Waals surface area contributed by atoms with Gasteiger partial charge in [-0.25, -0.2) is 0 Å². The Balaban J connectivity index is 1.65. The molecule has 7 heteroatoms. The van der Waals surface area contributed by atoms with Crippen molar-refractivity contribution < 1.29 is 14.1 Å². The molecule has 0 aliphatic heterocycles. The molecule has 0 spiro atoms. The Labute approximate surface area is 162 Å². The first-order valence-corrected chi connectivity index (χ1v) is 8.94. The molecule has 0 aliphatic rings. The van der Waals surface area contributed by atoms with Crippen LogP contribution in [0.5, 0.6) is 0 Å². The van der Waals surface area contributed by atoms with Crippen LogP contribution in [0.1, 0.15) is 5.56 Å². The van der Waals surface area contributed by atoms with Gasteiger partial charge in [0.15, 0.2) is 0 Å². The predicted molar refractivity (Wildman–Crippen MR) is 107 cm³/mol. The van der Waals surface area contributed by atoms with Crippen LogP contribution in [0.15, 0.2) is 69.8 Å². The quantitative estimate of drug-likeness (QED) is 0.349. The Kier molecular flexibility index (Phi) is 4.37. The van der Waals surface area contributed by atoms with E-state index in [1.165, 1.54) is 18.2 Å². The van der Waals surface area contributed by atoms with Gasteiger partial charge < -0.3 is 9.73 Å². The van der Waals surface area contributed by atoms with Crippen LogP contribution in [0.3, 0.4) is 0 Å². The van der Waals surface area contributed by atoms with Crippen molar-refractivity contribution in [1.29, 1.82) is 0 Å². The molecule has 27 heavy (non-hydrogen) atoms. The van der Waals surface area contributed by atoms with Crippen LogP contribution in [-0.4, -0.2) is 10.8 Å². The number of rotatable bonds is 4. The van der Waals surface area contributed by atoms with Crippen molar-refractivity contribution in [2.75, 3.05) is 5.32 Å². The highest BCUT2D eigenvalue weighted by atomic mass is 79.9. The van der Waals surface area contributed by atoms with E-state index in [0.717, 1.165) is 21.7 Å². The lowest BCUT2D eigenvalue weighted by molar-refractivity contribution is -0.384. The maximum absolute atomic E-state index is 12.5. The number of non-ortho nitro benzene ring substituents is 1. The van der Waals surface area contributed by atoms with Crippen LogP contribution in [0.25, 0.3) is 21.7 Å². The zero-order valence-electron chi connectivity index (χ0n) is 13.9. The SMILES string of the molecule is O=C(Cc1coc2ccc3ccccc3c12)Nc1cc([N+](=O)[O-])ccc1Br. The largest absolute Gasteiger partial charge is 0.464 e.